The van der Waals surface area contributed by atoms with Crippen molar-refractivity contribution < 1.29 is 10.2 Å². The second-order valence-corrected chi connectivity index (χ2v) is 4.90. The van der Waals surface area contributed by atoms with Gasteiger partial charge in [0.25, 0.3) is 0 Å². The van der Waals surface area contributed by atoms with Gasteiger partial charge in [-0.25, -0.2) is 0 Å². The van der Waals surface area contributed by atoms with Gasteiger partial charge in [0, 0.05) is 10.5 Å². The molecule has 0 unspecified atom stereocenters. The number of phenols is 2. The van der Waals surface area contributed by atoms with Crippen LogP contribution in [-0.4, -0.2) is 15.2 Å². The number of hydrogen-bond donors (Lipinski definition) is 3. The van der Waals surface area contributed by atoms with Crippen molar-refractivity contribution in [3.63, 3.8) is 0 Å². The van der Waals surface area contributed by atoms with Gasteiger partial charge in [0.2, 0.25) is 0 Å². The topological polar surface area (TPSA) is 52.5 Å². The molecule has 0 aliphatic carbocycles. The van der Waals surface area contributed by atoms with Crippen LogP contribution < -0.4 is 5.32 Å². The van der Waals surface area contributed by atoms with Crippen molar-refractivity contribution in [3.8, 4) is 11.5 Å². The van der Waals surface area contributed by atoms with Gasteiger partial charge >= 0.3 is 0 Å². The van der Waals surface area contributed by atoms with Crippen molar-refractivity contribution in [3.05, 3.63) is 52.5 Å². The van der Waals surface area contributed by atoms with Gasteiger partial charge in [-0.3, -0.25) is 0 Å². The molecule has 18 heavy (non-hydrogen) atoms. The molecule has 0 saturated carbocycles. The molecule has 0 aliphatic heterocycles. The minimum Gasteiger partial charge on any atom is -0.508 e. The summed E-state index contributed by atoms with van der Waals surface area (Å²) in [5.41, 5.74) is 1.29. The molecular formula is C13H10BrNO2S. The number of para-hydroxylation sites is 1. The molecule has 2 aromatic rings. The van der Waals surface area contributed by atoms with E-state index in [9.17, 15) is 10.2 Å². The summed E-state index contributed by atoms with van der Waals surface area (Å²) in [4.78, 5) is 0.388. The zero-order valence-corrected chi connectivity index (χ0v) is 11.6. The van der Waals surface area contributed by atoms with E-state index in [1.165, 1.54) is 12.1 Å². The van der Waals surface area contributed by atoms with Crippen molar-refractivity contribution in [2.45, 2.75) is 0 Å². The highest BCUT2D eigenvalue weighted by Gasteiger charge is 2.09. The average molecular weight is 324 g/mol. The Morgan fingerprint density at radius 1 is 1.11 bits per heavy atom. The highest BCUT2D eigenvalue weighted by Crippen LogP contribution is 2.26. The summed E-state index contributed by atoms with van der Waals surface area (Å²) in [6.07, 6.45) is 0. The fourth-order valence-electron chi connectivity index (χ4n) is 1.46. The van der Waals surface area contributed by atoms with Crippen molar-refractivity contribution in [2.24, 2.45) is 0 Å². The number of thiocarbonyl (C=S) groups is 1. The van der Waals surface area contributed by atoms with Crippen molar-refractivity contribution in [1.82, 2.24) is 0 Å². The van der Waals surface area contributed by atoms with E-state index in [-0.39, 0.29) is 11.5 Å². The Morgan fingerprint density at radius 3 is 2.50 bits per heavy atom. The molecule has 0 saturated heterocycles. The molecule has 0 amide bonds. The predicted octanol–water partition coefficient (Wildman–Crippen LogP) is 3.65. The molecule has 2 rings (SSSR count). The SMILES string of the molecule is Oc1ccc(C(=S)Nc2ccccc2Br)c(O)c1. The minimum atomic E-state index is -0.0560. The Bertz CT molecular complexity index is 601. The van der Waals surface area contributed by atoms with Crippen LogP contribution in [0, 0.1) is 0 Å². The molecule has 0 radical (unpaired) electrons. The van der Waals surface area contributed by atoms with Gasteiger partial charge in [0.15, 0.2) is 0 Å². The van der Waals surface area contributed by atoms with Crippen LogP contribution in [0.25, 0.3) is 0 Å². The summed E-state index contributed by atoms with van der Waals surface area (Å²) >= 11 is 8.62. The molecule has 0 aliphatic rings. The van der Waals surface area contributed by atoms with Gasteiger partial charge in [-0.2, -0.15) is 0 Å². The van der Waals surface area contributed by atoms with Gasteiger partial charge in [0.05, 0.1) is 11.3 Å². The normalized spacial score (nSPS) is 10.1. The second-order valence-electron chi connectivity index (χ2n) is 3.64. The molecule has 0 spiro atoms. The lowest BCUT2D eigenvalue weighted by Crippen LogP contribution is -2.10. The first-order valence-corrected chi connectivity index (χ1v) is 6.36. The van der Waals surface area contributed by atoms with E-state index in [2.05, 4.69) is 21.2 Å². The van der Waals surface area contributed by atoms with Crippen LogP contribution >= 0.6 is 28.1 Å². The van der Waals surface area contributed by atoms with E-state index in [1.807, 2.05) is 24.3 Å². The molecular weight excluding hydrogens is 314 g/mol. The van der Waals surface area contributed by atoms with E-state index < -0.39 is 0 Å². The Kier molecular flexibility index (Phi) is 3.84. The number of nitrogens with one attached hydrogen (secondary N) is 1. The Labute approximate surface area is 118 Å². The molecule has 3 nitrogen and oxygen atoms in total. The standard InChI is InChI=1S/C13H10BrNO2S/c14-10-3-1-2-4-11(10)15-13(18)9-6-5-8(16)7-12(9)17/h1-7,16-17H,(H,15,18). The molecule has 0 bridgehead atoms. The summed E-state index contributed by atoms with van der Waals surface area (Å²) in [5, 5.41) is 22.0. The van der Waals surface area contributed by atoms with E-state index in [0.717, 1.165) is 10.2 Å². The van der Waals surface area contributed by atoms with Crippen molar-refractivity contribution in [1.29, 1.82) is 0 Å². The molecule has 5 heteroatoms. The lowest BCUT2D eigenvalue weighted by Gasteiger charge is -2.11. The highest BCUT2D eigenvalue weighted by atomic mass is 79.9. The highest BCUT2D eigenvalue weighted by molar-refractivity contribution is 9.10. The quantitative estimate of drug-likeness (QED) is 0.738. The first kappa shape index (κ1) is 12.9. The van der Waals surface area contributed by atoms with Gasteiger partial charge in [-0.1, -0.05) is 24.4 Å². The Morgan fingerprint density at radius 2 is 1.83 bits per heavy atom. The number of anilines is 1. The maximum Gasteiger partial charge on any atom is 0.129 e. The van der Waals surface area contributed by atoms with E-state index in [0.29, 0.717) is 10.6 Å². The molecule has 0 aromatic heterocycles. The third-order valence-corrected chi connectivity index (χ3v) is 3.36. The molecule has 2 aromatic carbocycles. The van der Waals surface area contributed by atoms with Crippen LogP contribution in [0.3, 0.4) is 0 Å². The lowest BCUT2D eigenvalue weighted by molar-refractivity contribution is 0.450. The summed E-state index contributed by atoms with van der Waals surface area (Å²) in [6.45, 7) is 0. The average Bonchev–Trinajstić information content (AvgIpc) is 2.32. The largest absolute Gasteiger partial charge is 0.508 e. The Hall–Kier alpha value is -1.59. The molecule has 0 fully saturated rings. The van der Waals surface area contributed by atoms with Crippen molar-refractivity contribution in [2.75, 3.05) is 5.32 Å². The van der Waals surface area contributed by atoms with Crippen LogP contribution in [0.2, 0.25) is 0 Å². The summed E-state index contributed by atoms with van der Waals surface area (Å²) in [7, 11) is 0. The van der Waals surface area contributed by atoms with Gasteiger partial charge in [-0.15, -0.1) is 0 Å². The number of rotatable bonds is 2. The van der Waals surface area contributed by atoms with Gasteiger partial charge in [0.1, 0.15) is 16.5 Å². The van der Waals surface area contributed by atoms with Crippen LogP contribution in [0.15, 0.2) is 46.9 Å². The molecule has 3 N–H and O–H groups in total. The van der Waals surface area contributed by atoms with E-state index in [1.54, 1.807) is 6.07 Å². The number of phenolic OH excluding ortho intramolecular Hbond substituents is 2. The van der Waals surface area contributed by atoms with Gasteiger partial charge in [-0.05, 0) is 40.2 Å². The zero-order chi connectivity index (χ0) is 13.1. The summed E-state index contributed by atoms with van der Waals surface area (Å²) in [6, 6.07) is 11.8. The molecule has 92 valence electrons. The fraction of sp³-hybridized carbons (Fsp3) is 0. The number of benzene rings is 2. The van der Waals surface area contributed by atoms with E-state index in [4.69, 9.17) is 12.2 Å². The smallest absolute Gasteiger partial charge is 0.129 e. The maximum atomic E-state index is 9.71. The summed E-state index contributed by atoms with van der Waals surface area (Å²) < 4.78 is 0.880. The van der Waals surface area contributed by atoms with Crippen LogP contribution in [0.5, 0.6) is 11.5 Å². The maximum absolute atomic E-state index is 9.71. The van der Waals surface area contributed by atoms with Gasteiger partial charge < -0.3 is 15.5 Å². The number of hydrogen-bond acceptors (Lipinski definition) is 3. The molecule has 0 heterocycles. The minimum absolute atomic E-state index is 0.0000540. The van der Waals surface area contributed by atoms with Crippen LogP contribution in [0.1, 0.15) is 5.56 Å². The fourth-order valence-corrected chi connectivity index (χ4v) is 2.13. The first-order chi connectivity index (χ1) is 8.58. The van der Waals surface area contributed by atoms with Crippen molar-refractivity contribution >= 4 is 38.8 Å². The predicted molar refractivity (Wildman–Crippen MR) is 79.2 cm³/mol. The van der Waals surface area contributed by atoms with Crippen LogP contribution in [0.4, 0.5) is 5.69 Å². The van der Waals surface area contributed by atoms with Crippen LogP contribution in [-0.2, 0) is 0 Å². The number of halogens is 1. The third-order valence-electron chi connectivity index (χ3n) is 2.35. The number of aromatic hydroxyl groups is 2. The first-order valence-electron chi connectivity index (χ1n) is 5.16. The second kappa shape index (κ2) is 5.37. The Balaban J connectivity index is 2.25. The monoisotopic (exact) mass is 323 g/mol. The molecule has 0 atom stereocenters. The zero-order valence-electron chi connectivity index (χ0n) is 9.22. The van der Waals surface area contributed by atoms with E-state index >= 15 is 0 Å². The summed E-state index contributed by atoms with van der Waals surface area (Å²) in [5.74, 6) is -0.0560. The lowest BCUT2D eigenvalue weighted by atomic mass is 10.2. The third kappa shape index (κ3) is 2.80.